The summed E-state index contributed by atoms with van der Waals surface area (Å²) >= 11 is 6.22. The van der Waals surface area contributed by atoms with Crippen LogP contribution in [0, 0.1) is 26.6 Å². The predicted octanol–water partition coefficient (Wildman–Crippen LogP) is 6.86. The van der Waals surface area contributed by atoms with Gasteiger partial charge in [0.25, 0.3) is 5.91 Å². The standard InChI is InChI=1S/C29H32ClFN2O3/c1-7-26(20-8-10-24(30)16(2)12-20)33(6)22-9-11-25(31)23(15-22)21-13-17(3)27(18(4)14-21)28(34)32-19(5)29(35)36/h8-15,19,26H,7H2,1-6H3,(H,32,34)(H,35,36)/t19?,26-/m1/s1. The summed E-state index contributed by atoms with van der Waals surface area (Å²) in [5.41, 5.74) is 5.75. The number of carbonyl (C=O) groups excluding carboxylic acids is 1. The number of nitrogens with zero attached hydrogens (tertiary/aromatic N) is 1. The Balaban J connectivity index is 1.98. The molecule has 2 atom stereocenters. The molecule has 0 spiro atoms. The van der Waals surface area contributed by atoms with E-state index in [4.69, 9.17) is 16.7 Å². The average molecular weight is 511 g/mol. The van der Waals surface area contributed by atoms with Crippen molar-refractivity contribution in [3.63, 3.8) is 0 Å². The first kappa shape index (κ1) is 27.2. The Morgan fingerprint density at radius 1 is 1.03 bits per heavy atom. The van der Waals surface area contributed by atoms with Gasteiger partial charge >= 0.3 is 5.97 Å². The van der Waals surface area contributed by atoms with Gasteiger partial charge in [0.2, 0.25) is 0 Å². The summed E-state index contributed by atoms with van der Waals surface area (Å²) in [5, 5.41) is 12.3. The minimum Gasteiger partial charge on any atom is -0.480 e. The molecule has 0 aliphatic rings. The third-order valence-corrected chi connectivity index (χ3v) is 6.99. The van der Waals surface area contributed by atoms with E-state index in [1.807, 2.05) is 32.2 Å². The molecule has 0 radical (unpaired) electrons. The van der Waals surface area contributed by atoms with Crippen molar-refractivity contribution in [2.45, 2.75) is 53.1 Å². The molecule has 0 aliphatic carbocycles. The van der Waals surface area contributed by atoms with Crippen molar-refractivity contribution in [3.8, 4) is 11.1 Å². The van der Waals surface area contributed by atoms with Crippen molar-refractivity contribution in [2.24, 2.45) is 0 Å². The van der Waals surface area contributed by atoms with Crippen molar-refractivity contribution in [1.29, 1.82) is 0 Å². The van der Waals surface area contributed by atoms with Gasteiger partial charge < -0.3 is 15.3 Å². The SMILES string of the molecule is CC[C@H](c1ccc(Cl)c(C)c1)N(C)c1ccc(F)c(-c2cc(C)c(C(=O)NC(C)C(=O)O)c(C)c2)c1. The fourth-order valence-corrected chi connectivity index (χ4v) is 4.67. The number of anilines is 1. The fourth-order valence-electron chi connectivity index (χ4n) is 4.55. The Bertz CT molecular complexity index is 1280. The number of nitrogens with one attached hydrogen (secondary N) is 1. The zero-order valence-corrected chi connectivity index (χ0v) is 22.2. The van der Waals surface area contributed by atoms with Gasteiger partial charge in [-0.1, -0.05) is 42.8 Å². The zero-order valence-electron chi connectivity index (χ0n) is 21.4. The summed E-state index contributed by atoms with van der Waals surface area (Å²) in [5.74, 6) is -1.94. The highest BCUT2D eigenvalue weighted by Gasteiger charge is 2.21. The first-order chi connectivity index (χ1) is 16.9. The van der Waals surface area contributed by atoms with Gasteiger partial charge in [-0.25, -0.2) is 4.39 Å². The lowest BCUT2D eigenvalue weighted by Crippen LogP contribution is -2.38. The number of carboxylic acids is 1. The lowest BCUT2D eigenvalue weighted by atomic mass is 9.94. The van der Waals surface area contributed by atoms with Crippen LogP contribution in [0.4, 0.5) is 10.1 Å². The molecule has 7 heteroatoms. The first-order valence-electron chi connectivity index (χ1n) is 11.9. The summed E-state index contributed by atoms with van der Waals surface area (Å²) in [6.07, 6.45) is 0.848. The molecule has 5 nitrogen and oxygen atoms in total. The number of benzene rings is 3. The maximum Gasteiger partial charge on any atom is 0.325 e. The van der Waals surface area contributed by atoms with Gasteiger partial charge in [-0.05, 0) is 86.2 Å². The van der Waals surface area contributed by atoms with Crippen LogP contribution in [0.25, 0.3) is 11.1 Å². The zero-order chi connectivity index (χ0) is 26.7. The molecule has 1 amide bonds. The van der Waals surface area contributed by atoms with E-state index in [1.54, 1.807) is 32.0 Å². The highest BCUT2D eigenvalue weighted by atomic mass is 35.5. The van der Waals surface area contributed by atoms with E-state index < -0.39 is 17.9 Å². The van der Waals surface area contributed by atoms with Crippen LogP contribution in [0.15, 0.2) is 48.5 Å². The summed E-state index contributed by atoms with van der Waals surface area (Å²) in [7, 11) is 1.99. The van der Waals surface area contributed by atoms with Crippen LogP contribution in [0.5, 0.6) is 0 Å². The van der Waals surface area contributed by atoms with Crippen LogP contribution >= 0.6 is 11.6 Å². The van der Waals surface area contributed by atoms with Crippen LogP contribution in [0.1, 0.15) is 58.9 Å². The summed E-state index contributed by atoms with van der Waals surface area (Å²) in [4.78, 5) is 25.9. The van der Waals surface area contributed by atoms with Gasteiger partial charge in [0.15, 0.2) is 0 Å². The molecule has 3 aromatic carbocycles. The van der Waals surface area contributed by atoms with E-state index in [9.17, 15) is 9.59 Å². The Morgan fingerprint density at radius 2 is 1.67 bits per heavy atom. The second-order valence-corrected chi connectivity index (χ2v) is 9.63. The Labute approximate surface area is 216 Å². The topological polar surface area (TPSA) is 69.6 Å². The molecule has 2 N–H and O–H groups in total. The average Bonchev–Trinajstić information content (AvgIpc) is 2.81. The van der Waals surface area contributed by atoms with Gasteiger partial charge in [-0.3, -0.25) is 9.59 Å². The molecule has 0 saturated heterocycles. The van der Waals surface area contributed by atoms with Gasteiger partial charge in [0, 0.05) is 28.9 Å². The summed E-state index contributed by atoms with van der Waals surface area (Å²) in [6, 6.07) is 13.6. The van der Waals surface area contributed by atoms with E-state index >= 15 is 4.39 Å². The third-order valence-electron chi connectivity index (χ3n) is 6.57. The minimum absolute atomic E-state index is 0.0741. The van der Waals surface area contributed by atoms with E-state index in [1.165, 1.54) is 13.0 Å². The molecule has 36 heavy (non-hydrogen) atoms. The minimum atomic E-state index is -1.11. The highest BCUT2D eigenvalue weighted by Crippen LogP contribution is 2.35. The molecule has 3 rings (SSSR count). The van der Waals surface area contributed by atoms with E-state index in [0.29, 0.717) is 27.8 Å². The van der Waals surface area contributed by atoms with Crippen LogP contribution in [0.2, 0.25) is 5.02 Å². The van der Waals surface area contributed by atoms with Gasteiger partial charge in [0.1, 0.15) is 11.9 Å². The number of halogens is 2. The summed E-state index contributed by atoms with van der Waals surface area (Å²) < 4.78 is 15.0. The monoisotopic (exact) mass is 510 g/mol. The van der Waals surface area contributed by atoms with E-state index in [2.05, 4.69) is 23.2 Å². The third kappa shape index (κ3) is 5.71. The highest BCUT2D eigenvalue weighted by molar-refractivity contribution is 6.31. The lowest BCUT2D eigenvalue weighted by Gasteiger charge is -2.30. The predicted molar refractivity (Wildman–Crippen MR) is 143 cm³/mol. The van der Waals surface area contributed by atoms with Crippen molar-refractivity contribution in [3.05, 3.63) is 87.2 Å². The molecule has 3 aromatic rings. The molecule has 0 saturated carbocycles. The Morgan fingerprint density at radius 3 is 2.22 bits per heavy atom. The molecule has 0 aliphatic heterocycles. The molecular weight excluding hydrogens is 479 g/mol. The van der Waals surface area contributed by atoms with Crippen molar-refractivity contribution >= 4 is 29.2 Å². The number of rotatable bonds is 8. The summed E-state index contributed by atoms with van der Waals surface area (Å²) in [6.45, 7) is 9.02. The Hall–Kier alpha value is -3.38. The molecule has 0 bridgehead atoms. The molecule has 1 unspecified atom stereocenters. The number of carboxylic acid groups (broad SMARTS) is 1. The second kappa shape index (κ2) is 11.1. The quantitative estimate of drug-likeness (QED) is 0.347. The van der Waals surface area contributed by atoms with Crippen LogP contribution in [-0.2, 0) is 4.79 Å². The van der Waals surface area contributed by atoms with Crippen molar-refractivity contribution < 1.29 is 19.1 Å². The van der Waals surface area contributed by atoms with Crippen LogP contribution in [0.3, 0.4) is 0 Å². The molecule has 190 valence electrons. The first-order valence-corrected chi connectivity index (χ1v) is 12.3. The molecule has 0 aromatic heterocycles. The van der Waals surface area contributed by atoms with Gasteiger partial charge in [0.05, 0.1) is 6.04 Å². The number of carbonyl (C=O) groups is 2. The van der Waals surface area contributed by atoms with Crippen LogP contribution in [-0.4, -0.2) is 30.1 Å². The Kier molecular flexibility index (Phi) is 8.41. The molecular formula is C29H32ClFN2O3. The maximum atomic E-state index is 15.0. The number of hydrogen-bond acceptors (Lipinski definition) is 3. The van der Waals surface area contributed by atoms with Gasteiger partial charge in [-0.15, -0.1) is 0 Å². The number of aliphatic carboxylic acids is 1. The molecule has 0 heterocycles. The van der Waals surface area contributed by atoms with E-state index in [0.717, 1.165) is 28.3 Å². The van der Waals surface area contributed by atoms with Crippen LogP contribution < -0.4 is 10.2 Å². The number of amides is 1. The number of hydrogen-bond donors (Lipinski definition) is 2. The smallest absolute Gasteiger partial charge is 0.325 e. The molecule has 0 fully saturated rings. The second-order valence-electron chi connectivity index (χ2n) is 9.23. The maximum absolute atomic E-state index is 15.0. The van der Waals surface area contributed by atoms with Gasteiger partial charge in [-0.2, -0.15) is 0 Å². The van der Waals surface area contributed by atoms with Crippen molar-refractivity contribution in [2.75, 3.05) is 11.9 Å². The van der Waals surface area contributed by atoms with E-state index in [-0.39, 0.29) is 11.9 Å². The lowest BCUT2D eigenvalue weighted by molar-refractivity contribution is -0.138. The number of aryl methyl sites for hydroxylation is 3. The fraction of sp³-hybridized carbons (Fsp3) is 0.310. The normalized spacial score (nSPS) is 12.7. The van der Waals surface area contributed by atoms with Crippen molar-refractivity contribution in [1.82, 2.24) is 5.32 Å². The largest absolute Gasteiger partial charge is 0.480 e.